The fraction of sp³-hybridized carbons (Fsp3) is 0.379. The Bertz CT molecular complexity index is 1280. The number of ether oxygens (including phenoxy) is 4. The van der Waals surface area contributed by atoms with Crippen LogP contribution in [0.4, 0.5) is 5.82 Å². The van der Waals surface area contributed by atoms with E-state index >= 15 is 0 Å². The molecule has 11 heteroatoms. The molecule has 0 bridgehead atoms. The van der Waals surface area contributed by atoms with E-state index in [0.29, 0.717) is 67.8 Å². The Morgan fingerprint density at radius 2 is 1.52 bits per heavy atom. The highest BCUT2D eigenvalue weighted by molar-refractivity contribution is 5.96. The molecule has 1 aliphatic heterocycles. The molecule has 4 rings (SSSR count). The van der Waals surface area contributed by atoms with Crippen molar-refractivity contribution in [3.05, 3.63) is 60.2 Å². The molecule has 1 saturated heterocycles. The maximum absolute atomic E-state index is 13.2. The number of nitrogens with zero attached hydrogens (tertiary/aromatic N) is 5. The summed E-state index contributed by atoms with van der Waals surface area (Å²) in [6.45, 7) is 2.87. The molecule has 11 nitrogen and oxygen atoms in total. The highest BCUT2D eigenvalue weighted by Crippen LogP contribution is 2.32. The second-order valence-electron chi connectivity index (χ2n) is 9.16. The first-order chi connectivity index (χ1) is 19.5. The lowest BCUT2D eigenvalue weighted by Gasteiger charge is -2.36. The van der Waals surface area contributed by atoms with E-state index in [0.717, 1.165) is 11.4 Å². The van der Waals surface area contributed by atoms with E-state index < -0.39 is 0 Å². The summed E-state index contributed by atoms with van der Waals surface area (Å²) in [6.07, 6.45) is 0. The maximum atomic E-state index is 13.2. The number of hydrogen-bond donors (Lipinski definition) is 0. The molecule has 1 aliphatic rings. The third kappa shape index (κ3) is 6.78. The van der Waals surface area contributed by atoms with Crippen molar-refractivity contribution < 1.29 is 28.5 Å². The molecule has 40 heavy (non-hydrogen) atoms. The summed E-state index contributed by atoms with van der Waals surface area (Å²) in [5.74, 6) is 2.41. The van der Waals surface area contributed by atoms with Crippen LogP contribution in [0, 0.1) is 0 Å². The van der Waals surface area contributed by atoms with E-state index in [4.69, 9.17) is 18.9 Å². The molecule has 0 unspecified atom stereocenters. The third-order valence-electron chi connectivity index (χ3n) is 6.81. The fourth-order valence-electron chi connectivity index (χ4n) is 4.47. The summed E-state index contributed by atoms with van der Waals surface area (Å²) < 4.78 is 21.1. The maximum Gasteiger partial charge on any atom is 0.254 e. The van der Waals surface area contributed by atoms with Gasteiger partial charge in [0, 0.05) is 57.0 Å². The summed E-state index contributed by atoms with van der Waals surface area (Å²) >= 11 is 0. The van der Waals surface area contributed by atoms with Gasteiger partial charge in [-0.15, -0.1) is 10.2 Å². The number of aromatic nitrogens is 2. The Kier molecular flexibility index (Phi) is 9.74. The van der Waals surface area contributed by atoms with E-state index in [1.165, 1.54) is 4.90 Å². The van der Waals surface area contributed by atoms with Crippen LogP contribution in [0.1, 0.15) is 10.4 Å². The van der Waals surface area contributed by atoms with Gasteiger partial charge in [0.2, 0.25) is 5.91 Å². The largest absolute Gasteiger partial charge is 0.497 e. The number of piperazine rings is 1. The molecule has 1 aromatic heterocycles. The summed E-state index contributed by atoms with van der Waals surface area (Å²) in [5, 5.41) is 8.84. The molecular weight excluding hydrogens is 514 g/mol. The van der Waals surface area contributed by atoms with Crippen LogP contribution in [0.3, 0.4) is 0 Å². The monoisotopic (exact) mass is 549 g/mol. The van der Waals surface area contributed by atoms with Crippen molar-refractivity contribution in [1.29, 1.82) is 0 Å². The minimum atomic E-state index is -0.226. The van der Waals surface area contributed by atoms with Crippen molar-refractivity contribution in [1.82, 2.24) is 20.0 Å². The Morgan fingerprint density at radius 3 is 2.12 bits per heavy atom. The number of benzene rings is 2. The molecular formula is C29H35N5O6. The predicted octanol–water partition coefficient (Wildman–Crippen LogP) is 2.61. The van der Waals surface area contributed by atoms with E-state index in [9.17, 15) is 9.59 Å². The Morgan fingerprint density at radius 1 is 0.825 bits per heavy atom. The third-order valence-corrected chi connectivity index (χ3v) is 6.81. The molecule has 0 aliphatic carbocycles. The van der Waals surface area contributed by atoms with Gasteiger partial charge in [-0.2, -0.15) is 0 Å². The van der Waals surface area contributed by atoms with Gasteiger partial charge >= 0.3 is 0 Å². The number of methoxy groups -OCH3 is 4. The van der Waals surface area contributed by atoms with Crippen LogP contribution in [0.15, 0.2) is 54.6 Å². The minimum Gasteiger partial charge on any atom is -0.497 e. The number of carbonyl (C=O) groups is 2. The first kappa shape index (κ1) is 28.6. The number of carbonyl (C=O) groups excluding carboxylic acids is 2. The Balaban J connectivity index is 1.36. The minimum absolute atomic E-state index is 0.0214. The molecule has 3 aromatic rings. The van der Waals surface area contributed by atoms with Gasteiger partial charge in [-0.25, -0.2) is 0 Å². The average Bonchev–Trinajstić information content (AvgIpc) is 3.02. The standard InChI is InChI=1S/C29H35N5O6/c1-37-18-17-34(29(36)21-5-7-22(38-2)8-6-21)20-28(35)33-15-13-32(14-16-33)27-12-11-25(30-31-27)24-10-9-23(39-3)19-26(24)40-4/h5-12,19H,13-18,20H2,1-4H3. The van der Waals surface area contributed by atoms with Crippen molar-refractivity contribution in [2.75, 3.05) is 79.2 Å². The molecule has 0 saturated carbocycles. The van der Waals surface area contributed by atoms with Crippen LogP contribution in [0.25, 0.3) is 11.3 Å². The zero-order chi connectivity index (χ0) is 28.5. The topological polar surface area (TPSA) is 107 Å². The molecule has 2 aromatic carbocycles. The highest BCUT2D eigenvalue weighted by atomic mass is 16.5. The normalized spacial score (nSPS) is 13.1. The first-order valence-corrected chi connectivity index (χ1v) is 13.0. The fourth-order valence-corrected chi connectivity index (χ4v) is 4.47. The van der Waals surface area contributed by atoms with Gasteiger partial charge in [0.1, 0.15) is 23.8 Å². The molecule has 0 spiro atoms. The molecule has 2 heterocycles. The van der Waals surface area contributed by atoms with Gasteiger partial charge in [0.05, 0.1) is 33.6 Å². The number of hydrogen-bond acceptors (Lipinski definition) is 9. The van der Waals surface area contributed by atoms with Crippen molar-refractivity contribution in [2.45, 2.75) is 0 Å². The molecule has 0 N–H and O–H groups in total. The van der Waals surface area contributed by atoms with Crippen LogP contribution in [-0.2, 0) is 9.53 Å². The van der Waals surface area contributed by atoms with Crippen LogP contribution < -0.4 is 19.1 Å². The second-order valence-corrected chi connectivity index (χ2v) is 9.16. The smallest absolute Gasteiger partial charge is 0.254 e. The lowest BCUT2D eigenvalue weighted by atomic mass is 10.1. The van der Waals surface area contributed by atoms with Crippen LogP contribution >= 0.6 is 0 Å². The van der Waals surface area contributed by atoms with Gasteiger partial charge in [-0.05, 0) is 48.5 Å². The highest BCUT2D eigenvalue weighted by Gasteiger charge is 2.26. The lowest BCUT2D eigenvalue weighted by molar-refractivity contribution is -0.132. The lowest BCUT2D eigenvalue weighted by Crippen LogP contribution is -2.52. The molecule has 1 fully saturated rings. The summed E-state index contributed by atoms with van der Waals surface area (Å²) in [6, 6.07) is 16.2. The van der Waals surface area contributed by atoms with Crippen molar-refractivity contribution in [3.8, 4) is 28.5 Å². The van der Waals surface area contributed by atoms with Crippen molar-refractivity contribution >= 4 is 17.6 Å². The van der Waals surface area contributed by atoms with Gasteiger partial charge in [0.25, 0.3) is 5.91 Å². The molecule has 2 amide bonds. The SMILES string of the molecule is COCCN(CC(=O)N1CCN(c2ccc(-c3ccc(OC)cc3OC)nn2)CC1)C(=O)c1ccc(OC)cc1. The van der Waals surface area contributed by atoms with E-state index in [1.54, 1.807) is 57.6 Å². The Labute approximate surface area is 234 Å². The zero-order valence-electron chi connectivity index (χ0n) is 23.3. The quantitative estimate of drug-likeness (QED) is 0.357. The first-order valence-electron chi connectivity index (χ1n) is 13.0. The van der Waals surface area contributed by atoms with Crippen molar-refractivity contribution in [2.24, 2.45) is 0 Å². The van der Waals surface area contributed by atoms with E-state index in [-0.39, 0.29) is 18.4 Å². The Hall–Kier alpha value is -4.38. The van der Waals surface area contributed by atoms with Gasteiger partial charge in [0.15, 0.2) is 5.82 Å². The van der Waals surface area contributed by atoms with Crippen LogP contribution in [0.2, 0.25) is 0 Å². The van der Waals surface area contributed by atoms with Crippen LogP contribution in [0.5, 0.6) is 17.2 Å². The van der Waals surface area contributed by atoms with Gasteiger partial charge in [-0.1, -0.05) is 0 Å². The number of anilines is 1. The predicted molar refractivity (Wildman–Crippen MR) is 150 cm³/mol. The number of amides is 2. The number of rotatable bonds is 11. The van der Waals surface area contributed by atoms with Crippen molar-refractivity contribution in [3.63, 3.8) is 0 Å². The van der Waals surface area contributed by atoms with E-state index in [2.05, 4.69) is 15.1 Å². The average molecular weight is 550 g/mol. The summed E-state index contributed by atoms with van der Waals surface area (Å²) in [5.41, 5.74) is 2.00. The molecule has 0 radical (unpaired) electrons. The molecule has 0 atom stereocenters. The van der Waals surface area contributed by atoms with E-state index in [1.807, 2.05) is 30.3 Å². The summed E-state index contributed by atoms with van der Waals surface area (Å²) in [7, 11) is 6.35. The second kappa shape index (κ2) is 13.6. The zero-order valence-corrected chi connectivity index (χ0v) is 23.3. The van der Waals surface area contributed by atoms with Crippen LogP contribution in [-0.4, -0.2) is 106 Å². The molecule has 212 valence electrons. The van der Waals surface area contributed by atoms with Gasteiger partial charge < -0.3 is 33.6 Å². The summed E-state index contributed by atoms with van der Waals surface area (Å²) in [4.78, 5) is 31.7. The van der Waals surface area contributed by atoms with Gasteiger partial charge in [-0.3, -0.25) is 9.59 Å².